The predicted molar refractivity (Wildman–Crippen MR) is 91.4 cm³/mol. The van der Waals surface area contributed by atoms with Gasteiger partial charge in [0.2, 0.25) is 0 Å². The monoisotopic (exact) mass is 311 g/mol. The van der Waals surface area contributed by atoms with Crippen molar-refractivity contribution in [3.63, 3.8) is 0 Å². The SMILES string of the molecule is CCCC[C@@]12OC(=O)C[C@@]13c1ccccc1N[C@H]3/C2=C\C(C)C. The number of rotatable bonds is 4. The minimum Gasteiger partial charge on any atom is -0.453 e. The second-order valence-electron chi connectivity index (χ2n) is 7.54. The Bertz CT molecular complexity index is 693. The number of hydrogen-bond donors (Lipinski definition) is 1. The van der Waals surface area contributed by atoms with Gasteiger partial charge in [0.25, 0.3) is 0 Å². The lowest BCUT2D eigenvalue weighted by Crippen LogP contribution is -2.69. The second-order valence-corrected chi connectivity index (χ2v) is 7.54. The predicted octanol–water partition coefficient (Wildman–Crippen LogP) is 4.19. The molecule has 1 spiro atoms. The molecule has 1 aromatic carbocycles. The molecule has 2 heterocycles. The Hall–Kier alpha value is -1.77. The minimum absolute atomic E-state index is 0.0447. The highest BCUT2D eigenvalue weighted by Crippen LogP contribution is 2.69. The summed E-state index contributed by atoms with van der Waals surface area (Å²) in [7, 11) is 0. The Kier molecular flexibility index (Phi) is 3.13. The molecule has 2 fully saturated rings. The summed E-state index contributed by atoms with van der Waals surface area (Å²) >= 11 is 0. The van der Waals surface area contributed by atoms with Crippen molar-refractivity contribution in [2.75, 3.05) is 5.32 Å². The Morgan fingerprint density at radius 2 is 2.17 bits per heavy atom. The summed E-state index contributed by atoms with van der Waals surface area (Å²) < 4.78 is 6.08. The molecule has 2 aliphatic heterocycles. The first-order valence-electron chi connectivity index (χ1n) is 8.85. The van der Waals surface area contributed by atoms with Gasteiger partial charge >= 0.3 is 5.97 Å². The van der Waals surface area contributed by atoms with Gasteiger partial charge in [-0.25, -0.2) is 0 Å². The molecule has 1 N–H and O–H groups in total. The number of anilines is 1. The van der Waals surface area contributed by atoms with E-state index in [1.165, 1.54) is 16.8 Å². The lowest BCUT2D eigenvalue weighted by Gasteiger charge is -2.58. The molecule has 1 aromatic rings. The summed E-state index contributed by atoms with van der Waals surface area (Å²) in [6.45, 7) is 6.59. The molecule has 0 bridgehead atoms. The number of unbranched alkanes of at least 4 members (excludes halogenated alkanes) is 1. The van der Waals surface area contributed by atoms with Crippen molar-refractivity contribution >= 4 is 11.7 Å². The molecule has 3 heteroatoms. The standard InChI is InChI=1S/C20H25NO2/c1-4-5-10-20-15(11-13(2)3)18-19(20,12-17(22)23-20)14-8-6-7-9-16(14)21-18/h6-9,11,13,18,21H,4-5,10,12H2,1-3H3/b15-11+/t18-,19-,20-/m0/s1. The van der Waals surface area contributed by atoms with Gasteiger partial charge in [-0.3, -0.25) is 4.79 Å². The molecular formula is C20H25NO2. The summed E-state index contributed by atoms with van der Waals surface area (Å²) in [6, 6.07) is 8.66. The third-order valence-corrected chi connectivity index (χ3v) is 5.80. The van der Waals surface area contributed by atoms with Gasteiger partial charge in [-0.2, -0.15) is 0 Å². The zero-order chi connectivity index (χ0) is 16.2. The first-order valence-corrected chi connectivity index (χ1v) is 8.85. The van der Waals surface area contributed by atoms with E-state index in [2.05, 4.69) is 56.4 Å². The van der Waals surface area contributed by atoms with E-state index in [9.17, 15) is 4.79 Å². The van der Waals surface area contributed by atoms with Gasteiger partial charge < -0.3 is 10.1 Å². The van der Waals surface area contributed by atoms with Gasteiger partial charge in [0.15, 0.2) is 0 Å². The maximum Gasteiger partial charge on any atom is 0.307 e. The van der Waals surface area contributed by atoms with Crippen LogP contribution in [-0.2, 0) is 14.9 Å². The molecule has 3 aliphatic rings. The molecule has 0 radical (unpaired) electrons. The van der Waals surface area contributed by atoms with E-state index in [-0.39, 0.29) is 17.4 Å². The van der Waals surface area contributed by atoms with Crippen molar-refractivity contribution in [2.45, 2.75) is 63.5 Å². The molecular weight excluding hydrogens is 286 g/mol. The molecule has 1 saturated heterocycles. The van der Waals surface area contributed by atoms with Crippen molar-refractivity contribution in [3.05, 3.63) is 41.5 Å². The number of ether oxygens (including phenoxy) is 1. The summed E-state index contributed by atoms with van der Waals surface area (Å²) in [5.74, 6) is 0.406. The lowest BCUT2D eigenvalue weighted by atomic mass is 9.47. The van der Waals surface area contributed by atoms with E-state index in [1.54, 1.807) is 0 Å². The number of fused-ring (bicyclic) bond motifs is 1. The van der Waals surface area contributed by atoms with Crippen LogP contribution in [0.3, 0.4) is 0 Å². The molecule has 1 saturated carbocycles. The Balaban J connectivity index is 1.89. The molecule has 0 aromatic heterocycles. The second kappa shape index (κ2) is 4.86. The maximum absolute atomic E-state index is 12.4. The van der Waals surface area contributed by atoms with E-state index >= 15 is 0 Å². The van der Waals surface area contributed by atoms with E-state index < -0.39 is 5.60 Å². The van der Waals surface area contributed by atoms with Crippen molar-refractivity contribution in [2.24, 2.45) is 5.92 Å². The molecule has 4 rings (SSSR count). The fourth-order valence-corrected chi connectivity index (χ4v) is 5.02. The van der Waals surface area contributed by atoms with Crippen molar-refractivity contribution in [3.8, 4) is 0 Å². The van der Waals surface area contributed by atoms with Crippen LogP contribution in [0.5, 0.6) is 0 Å². The first-order chi connectivity index (χ1) is 11.0. The highest BCUT2D eigenvalue weighted by Gasteiger charge is 2.78. The Labute approximate surface area is 138 Å². The average Bonchev–Trinajstić information content (AvgIpc) is 2.96. The number of esters is 1. The molecule has 0 amide bonds. The lowest BCUT2D eigenvalue weighted by molar-refractivity contribution is -0.151. The molecule has 3 nitrogen and oxygen atoms in total. The normalized spacial score (nSPS) is 35.4. The minimum atomic E-state index is -0.422. The number of allylic oxidation sites excluding steroid dienone is 1. The van der Waals surface area contributed by atoms with Crippen molar-refractivity contribution < 1.29 is 9.53 Å². The van der Waals surface area contributed by atoms with Crippen LogP contribution in [0.25, 0.3) is 0 Å². The van der Waals surface area contributed by atoms with Gasteiger partial charge in [-0.1, -0.05) is 51.5 Å². The van der Waals surface area contributed by atoms with E-state index in [0.29, 0.717) is 12.3 Å². The van der Waals surface area contributed by atoms with Gasteiger partial charge in [0.05, 0.1) is 17.9 Å². The summed E-state index contributed by atoms with van der Waals surface area (Å²) in [6.07, 6.45) is 5.95. The average molecular weight is 311 g/mol. The number of hydrogen-bond acceptors (Lipinski definition) is 3. The van der Waals surface area contributed by atoms with Gasteiger partial charge in [-0.15, -0.1) is 0 Å². The number of benzene rings is 1. The van der Waals surface area contributed by atoms with Crippen LogP contribution in [-0.4, -0.2) is 17.6 Å². The highest BCUT2D eigenvalue weighted by atomic mass is 16.6. The van der Waals surface area contributed by atoms with Gasteiger partial charge in [-0.05, 0) is 36.0 Å². The van der Waals surface area contributed by atoms with Crippen LogP contribution in [0, 0.1) is 5.92 Å². The Morgan fingerprint density at radius 1 is 1.39 bits per heavy atom. The van der Waals surface area contributed by atoms with Gasteiger partial charge in [0, 0.05) is 5.69 Å². The molecule has 23 heavy (non-hydrogen) atoms. The van der Waals surface area contributed by atoms with Crippen LogP contribution < -0.4 is 5.32 Å². The van der Waals surface area contributed by atoms with E-state index in [1.807, 2.05) is 0 Å². The molecule has 0 unspecified atom stereocenters. The topological polar surface area (TPSA) is 38.3 Å². The smallest absolute Gasteiger partial charge is 0.307 e. The van der Waals surface area contributed by atoms with Crippen molar-refractivity contribution in [1.82, 2.24) is 0 Å². The Morgan fingerprint density at radius 3 is 2.91 bits per heavy atom. The van der Waals surface area contributed by atoms with Gasteiger partial charge in [0.1, 0.15) is 5.60 Å². The fraction of sp³-hybridized carbons (Fsp3) is 0.550. The summed E-state index contributed by atoms with van der Waals surface area (Å²) in [5.41, 5.74) is 3.12. The van der Waals surface area contributed by atoms with E-state index in [0.717, 1.165) is 19.3 Å². The van der Waals surface area contributed by atoms with E-state index in [4.69, 9.17) is 4.74 Å². The zero-order valence-electron chi connectivity index (χ0n) is 14.2. The van der Waals surface area contributed by atoms with Crippen LogP contribution >= 0.6 is 0 Å². The number of carbonyl (C=O) groups excluding carboxylic acids is 1. The largest absolute Gasteiger partial charge is 0.453 e. The number of nitrogens with one attached hydrogen (secondary N) is 1. The van der Waals surface area contributed by atoms with Crippen LogP contribution in [0.15, 0.2) is 35.9 Å². The molecule has 1 aliphatic carbocycles. The zero-order valence-corrected chi connectivity index (χ0v) is 14.2. The number of carbonyl (C=O) groups is 1. The molecule has 3 atom stereocenters. The van der Waals surface area contributed by atoms with Crippen molar-refractivity contribution in [1.29, 1.82) is 0 Å². The third-order valence-electron chi connectivity index (χ3n) is 5.80. The third kappa shape index (κ3) is 1.68. The summed E-state index contributed by atoms with van der Waals surface area (Å²) in [5, 5.41) is 3.67. The number of para-hydroxylation sites is 1. The van der Waals surface area contributed by atoms with Crippen LogP contribution in [0.1, 0.15) is 52.0 Å². The van der Waals surface area contributed by atoms with Crippen LogP contribution in [0.4, 0.5) is 5.69 Å². The molecule has 122 valence electrons. The summed E-state index contributed by atoms with van der Waals surface area (Å²) in [4.78, 5) is 12.4. The fourth-order valence-electron chi connectivity index (χ4n) is 5.02. The quantitative estimate of drug-likeness (QED) is 0.669. The first kappa shape index (κ1) is 14.8. The maximum atomic E-state index is 12.4. The van der Waals surface area contributed by atoms with Crippen LogP contribution in [0.2, 0.25) is 0 Å². The highest BCUT2D eigenvalue weighted by molar-refractivity contribution is 5.86.